The highest BCUT2D eigenvalue weighted by atomic mass is 16.3. The zero-order chi connectivity index (χ0) is 22.6. The number of furan rings is 1. The number of hydrogen-bond donors (Lipinski definition) is 0. The Balaban J connectivity index is 1.65. The Hall–Kier alpha value is -4.88. The molecule has 4 aromatic carbocycles. The van der Waals surface area contributed by atoms with Gasteiger partial charge in [0.25, 0.3) is 0 Å². The summed E-state index contributed by atoms with van der Waals surface area (Å²) in [5.74, 6) is 0. The molecule has 0 aliphatic rings. The molecule has 0 unspecified atom stereocenters. The molecule has 0 aliphatic heterocycles. The van der Waals surface area contributed by atoms with Crippen LogP contribution in [0.5, 0.6) is 0 Å². The molecule has 4 heteroatoms. The molecule has 0 saturated carbocycles. The number of nitrogens with zero attached hydrogens (tertiary/aromatic N) is 3. The summed E-state index contributed by atoms with van der Waals surface area (Å²) >= 11 is 0. The van der Waals surface area contributed by atoms with Crippen LogP contribution in [0.3, 0.4) is 0 Å². The molecular formula is C30H17N3O. The summed E-state index contributed by atoms with van der Waals surface area (Å²) in [6.45, 7) is 0. The smallest absolute Gasteiger partial charge is 0.141 e. The molecule has 0 aliphatic carbocycles. The van der Waals surface area contributed by atoms with Gasteiger partial charge in [0.15, 0.2) is 0 Å². The Morgan fingerprint density at radius 1 is 0.647 bits per heavy atom. The fourth-order valence-corrected chi connectivity index (χ4v) is 5.07. The van der Waals surface area contributed by atoms with Crippen molar-refractivity contribution in [1.29, 1.82) is 5.26 Å². The van der Waals surface area contributed by atoms with Crippen LogP contribution >= 0.6 is 0 Å². The summed E-state index contributed by atoms with van der Waals surface area (Å²) in [5.41, 5.74) is 7.15. The first-order chi connectivity index (χ1) is 16.8. The molecule has 7 aromatic rings. The van der Waals surface area contributed by atoms with Gasteiger partial charge in [-0.3, -0.25) is 0 Å². The molecule has 158 valence electrons. The van der Waals surface area contributed by atoms with Crippen molar-refractivity contribution in [3.8, 4) is 23.0 Å². The molecule has 0 N–H and O–H groups in total. The van der Waals surface area contributed by atoms with Gasteiger partial charge in [-0.05, 0) is 42.5 Å². The number of fused-ring (bicyclic) bond motifs is 7. The SMILES string of the molecule is N#Cc1cccc(-c2ccccc2-n2c3ccccc3c3c4c(ccc32)oc2ccccc24)n1. The van der Waals surface area contributed by atoms with Crippen molar-refractivity contribution in [2.24, 2.45) is 0 Å². The van der Waals surface area contributed by atoms with Crippen LogP contribution in [-0.2, 0) is 0 Å². The van der Waals surface area contributed by atoms with E-state index < -0.39 is 0 Å². The highest BCUT2D eigenvalue weighted by Crippen LogP contribution is 2.42. The molecule has 34 heavy (non-hydrogen) atoms. The van der Waals surface area contributed by atoms with E-state index in [-0.39, 0.29) is 0 Å². The van der Waals surface area contributed by atoms with Crippen LogP contribution in [0.25, 0.3) is 60.7 Å². The van der Waals surface area contributed by atoms with Crippen LogP contribution in [0.1, 0.15) is 5.69 Å². The number of aromatic nitrogens is 2. The maximum absolute atomic E-state index is 9.39. The Morgan fingerprint density at radius 2 is 1.44 bits per heavy atom. The third-order valence-corrected chi connectivity index (χ3v) is 6.46. The van der Waals surface area contributed by atoms with Crippen LogP contribution in [0.4, 0.5) is 0 Å². The lowest BCUT2D eigenvalue weighted by Crippen LogP contribution is -1.98. The largest absolute Gasteiger partial charge is 0.456 e. The Bertz CT molecular complexity index is 1930. The van der Waals surface area contributed by atoms with Gasteiger partial charge >= 0.3 is 0 Å². The molecule has 0 saturated heterocycles. The fourth-order valence-electron chi connectivity index (χ4n) is 5.07. The van der Waals surface area contributed by atoms with Crippen molar-refractivity contribution < 1.29 is 4.42 Å². The predicted molar refractivity (Wildman–Crippen MR) is 136 cm³/mol. The third kappa shape index (κ3) is 2.55. The number of hydrogen-bond acceptors (Lipinski definition) is 3. The van der Waals surface area contributed by atoms with E-state index in [2.05, 4.69) is 76.3 Å². The van der Waals surface area contributed by atoms with Gasteiger partial charge in [-0.1, -0.05) is 60.7 Å². The highest BCUT2D eigenvalue weighted by Gasteiger charge is 2.20. The van der Waals surface area contributed by atoms with Crippen LogP contribution in [-0.4, -0.2) is 9.55 Å². The first kappa shape index (κ1) is 18.7. The van der Waals surface area contributed by atoms with Gasteiger partial charge in [0.05, 0.1) is 22.4 Å². The summed E-state index contributed by atoms with van der Waals surface area (Å²) in [4.78, 5) is 4.59. The van der Waals surface area contributed by atoms with Gasteiger partial charge < -0.3 is 8.98 Å². The minimum absolute atomic E-state index is 0.404. The average Bonchev–Trinajstić information content (AvgIpc) is 3.44. The van der Waals surface area contributed by atoms with E-state index in [0.29, 0.717) is 5.69 Å². The molecular weight excluding hydrogens is 418 g/mol. The summed E-state index contributed by atoms with van der Waals surface area (Å²) < 4.78 is 8.49. The van der Waals surface area contributed by atoms with E-state index in [9.17, 15) is 5.26 Å². The Morgan fingerprint density at radius 3 is 2.35 bits per heavy atom. The number of para-hydroxylation sites is 3. The molecule has 0 bridgehead atoms. The van der Waals surface area contributed by atoms with Crippen molar-refractivity contribution in [2.75, 3.05) is 0 Å². The monoisotopic (exact) mass is 435 g/mol. The molecule has 0 spiro atoms. The van der Waals surface area contributed by atoms with Crippen molar-refractivity contribution in [3.05, 3.63) is 109 Å². The van der Waals surface area contributed by atoms with E-state index in [1.54, 1.807) is 6.07 Å². The number of nitriles is 1. The summed E-state index contributed by atoms with van der Waals surface area (Å²) in [5, 5.41) is 14.0. The first-order valence-corrected chi connectivity index (χ1v) is 11.1. The van der Waals surface area contributed by atoms with E-state index in [1.165, 1.54) is 10.8 Å². The second-order valence-corrected chi connectivity index (χ2v) is 8.32. The van der Waals surface area contributed by atoms with Gasteiger partial charge in [0.1, 0.15) is 22.9 Å². The molecule has 3 aromatic heterocycles. The number of rotatable bonds is 2. The van der Waals surface area contributed by atoms with Crippen LogP contribution < -0.4 is 0 Å². The van der Waals surface area contributed by atoms with Gasteiger partial charge in [-0.2, -0.15) is 5.26 Å². The quantitative estimate of drug-likeness (QED) is 0.281. The van der Waals surface area contributed by atoms with Crippen molar-refractivity contribution in [2.45, 2.75) is 0 Å². The maximum atomic E-state index is 9.39. The Kier molecular flexibility index (Phi) is 3.88. The lowest BCUT2D eigenvalue weighted by molar-refractivity contribution is 0.669. The number of benzene rings is 4. The van der Waals surface area contributed by atoms with Gasteiger partial charge in [-0.15, -0.1) is 0 Å². The van der Waals surface area contributed by atoms with Crippen LogP contribution in [0, 0.1) is 11.3 Å². The van der Waals surface area contributed by atoms with Crippen molar-refractivity contribution in [3.63, 3.8) is 0 Å². The lowest BCUT2D eigenvalue weighted by atomic mass is 10.1. The standard InChI is InChI=1S/C30H17N3O/c31-18-19-8-7-12-23(32-19)20-9-1-4-13-24(20)33-25-14-5-2-10-21(25)29-26(33)16-17-28-30(29)22-11-3-6-15-27(22)34-28/h1-17H. The normalized spacial score (nSPS) is 11.5. The second kappa shape index (κ2) is 7.06. The first-order valence-electron chi connectivity index (χ1n) is 11.1. The van der Waals surface area contributed by atoms with Crippen molar-refractivity contribution in [1.82, 2.24) is 9.55 Å². The van der Waals surface area contributed by atoms with E-state index in [0.717, 1.165) is 49.9 Å². The molecule has 7 rings (SSSR count). The lowest BCUT2D eigenvalue weighted by Gasteiger charge is -2.13. The van der Waals surface area contributed by atoms with Crippen molar-refractivity contribution >= 4 is 43.7 Å². The van der Waals surface area contributed by atoms with E-state index in [1.807, 2.05) is 36.4 Å². The van der Waals surface area contributed by atoms with Crippen LogP contribution in [0.15, 0.2) is 108 Å². The predicted octanol–water partition coefficient (Wildman–Crippen LogP) is 7.62. The van der Waals surface area contributed by atoms with Gasteiger partial charge in [-0.25, -0.2) is 4.98 Å². The van der Waals surface area contributed by atoms with E-state index in [4.69, 9.17) is 4.42 Å². The number of pyridine rings is 1. The fraction of sp³-hybridized carbons (Fsp3) is 0. The second-order valence-electron chi connectivity index (χ2n) is 8.32. The Labute approximate surface area is 194 Å². The minimum Gasteiger partial charge on any atom is -0.456 e. The molecule has 0 fully saturated rings. The molecule has 0 amide bonds. The van der Waals surface area contributed by atoms with E-state index >= 15 is 0 Å². The topological polar surface area (TPSA) is 54.8 Å². The molecule has 0 atom stereocenters. The molecule has 3 heterocycles. The van der Waals surface area contributed by atoms with Gasteiger partial charge in [0, 0.05) is 27.1 Å². The van der Waals surface area contributed by atoms with Gasteiger partial charge in [0.2, 0.25) is 0 Å². The summed E-state index contributed by atoms with van der Waals surface area (Å²) in [6, 6.07) is 36.8. The zero-order valence-electron chi connectivity index (χ0n) is 18.1. The summed E-state index contributed by atoms with van der Waals surface area (Å²) in [6.07, 6.45) is 0. The average molecular weight is 435 g/mol. The third-order valence-electron chi connectivity index (χ3n) is 6.46. The minimum atomic E-state index is 0.404. The molecule has 4 nitrogen and oxygen atoms in total. The summed E-state index contributed by atoms with van der Waals surface area (Å²) in [7, 11) is 0. The maximum Gasteiger partial charge on any atom is 0.141 e. The highest BCUT2D eigenvalue weighted by molar-refractivity contribution is 6.27. The van der Waals surface area contributed by atoms with Crippen LogP contribution in [0.2, 0.25) is 0 Å². The molecule has 0 radical (unpaired) electrons. The zero-order valence-corrected chi connectivity index (χ0v) is 18.1.